The number of halogens is 3. The molecule has 1 heterocycles. The van der Waals surface area contributed by atoms with Crippen LogP contribution in [0.3, 0.4) is 0 Å². The summed E-state index contributed by atoms with van der Waals surface area (Å²) < 4.78 is 37.0. The summed E-state index contributed by atoms with van der Waals surface area (Å²) in [5.74, 6) is -1.52. The second-order valence-corrected chi connectivity index (χ2v) is 7.04. The number of carbonyl (C=O) groups excluding carboxylic acids is 1. The molecule has 0 fully saturated rings. The van der Waals surface area contributed by atoms with Crippen molar-refractivity contribution in [2.45, 2.75) is 6.92 Å². The lowest BCUT2D eigenvalue weighted by atomic mass is 10.2. The van der Waals surface area contributed by atoms with Crippen molar-refractivity contribution in [3.8, 4) is 0 Å². The van der Waals surface area contributed by atoms with Crippen LogP contribution in [0.25, 0.3) is 0 Å². The Morgan fingerprint density at radius 3 is 2.50 bits per heavy atom. The summed E-state index contributed by atoms with van der Waals surface area (Å²) in [6.07, 6.45) is 0.851. The van der Waals surface area contributed by atoms with Crippen molar-refractivity contribution in [1.29, 1.82) is 0 Å². The molecular formula is C12H10Cl2FN3O3S. The Labute approximate surface area is 135 Å². The van der Waals surface area contributed by atoms with E-state index in [4.69, 9.17) is 23.2 Å². The van der Waals surface area contributed by atoms with Crippen LogP contribution in [-0.4, -0.2) is 29.8 Å². The SMILES string of the molecule is Cc1ccc(NC(=O)c2nn(S(C)(=O)=O)c(Cl)c2Cl)c(F)c1. The molecule has 2 aromatic rings. The molecule has 0 aliphatic heterocycles. The zero-order valence-corrected chi connectivity index (χ0v) is 13.7. The molecular weight excluding hydrogens is 356 g/mol. The number of rotatable bonds is 3. The first-order chi connectivity index (χ1) is 10.1. The lowest BCUT2D eigenvalue weighted by molar-refractivity contribution is 0.102. The van der Waals surface area contributed by atoms with E-state index in [-0.39, 0.29) is 10.7 Å². The maximum atomic E-state index is 13.7. The average molecular weight is 366 g/mol. The van der Waals surface area contributed by atoms with Crippen LogP contribution in [0.2, 0.25) is 10.2 Å². The molecule has 10 heteroatoms. The van der Waals surface area contributed by atoms with E-state index in [1.807, 2.05) is 0 Å². The maximum absolute atomic E-state index is 13.7. The first-order valence-corrected chi connectivity index (χ1v) is 8.43. The minimum Gasteiger partial charge on any atom is -0.318 e. The van der Waals surface area contributed by atoms with Crippen molar-refractivity contribution in [2.75, 3.05) is 11.6 Å². The monoisotopic (exact) mass is 365 g/mol. The van der Waals surface area contributed by atoms with Crippen molar-refractivity contribution in [1.82, 2.24) is 9.19 Å². The van der Waals surface area contributed by atoms with E-state index >= 15 is 0 Å². The van der Waals surface area contributed by atoms with Gasteiger partial charge in [-0.1, -0.05) is 29.3 Å². The number of nitrogens with one attached hydrogen (secondary N) is 1. The van der Waals surface area contributed by atoms with Gasteiger partial charge < -0.3 is 5.32 Å². The highest BCUT2D eigenvalue weighted by Crippen LogP contribution is 2.27. The minimum atomic E-state index is -3.82. The smallest absolute Gasteiger partial charge is 0.277 e. The van der Waals surface area contributed by atoms with E-state index in [0.717, 1.165) is 6.26 Å². The summed E-state index contributed by atoms with van der Waals surface area (Å²) in [5.41, 5.74) is 0.173. The third-order valence-electron chi connectivity index (χ3n) is 2.65. The third kappa shape index (κ3) is 3.23. The minimum absolute atomic E-state index is 0.0864. The standard InChI is InChI=1S/C12H10Cl2FN3O3S/c1-6-3-4-8(7(15)5-6)16-12(19)10-9(13)11(14)18(17-10)22(2,20)21/h3-5H,1-2H3,(H,16,19). The Morgan fingerprint density at radius 1 is 1.36 bits per heavy atom. The second-order valence-electron chi connectivity index (χ2n) is 4.50. The van der Waals surface area contributed by atoms with Crippen molar-refractivity contribution < 1.29 is 17.6 Å². The number of anilines is 1. The van der Waals surface area contributed by atoms with Crippen LogP contribution >= 0.6 is 23.2 Å². The number of aryl methyl sites for hydroxylation is 1. The quantitative estimate of drug-likeness (QED) is 0.906. The predicted molar refractivity (Wildman–Crippen MR) is 81.6 cm³/mol. The first-order valence-electron chi connectivity index (χ1n) is 5.83. The molecule has 0 aliphatic carbocycles. The van der Waals surface area contributed by atoms with E-state index in [9.17, 15) is 17.6 Å². The molecule has 0 aliphatic rings. The Bertz CT molecular complexity index is 865. The fourth-order valence-electron chi connectivity index (χ4n) is 1.63. The Kier molecular flexibility index (Phi) is 4.46. The lowest BCUT2D eigenvalue weighted by Crippen LogP contribution is -2.17. The van der Waals surface area contributed by atoms with Crippen LogP contribution in [-0.2, 0) is 10.0 Å². The predicted octanol–water partition coefficient (Wildman–Crippen LogP) is 2.70. The summed E-state index contributed by atoms with van der Waals surface area (Å²) in [7, 11) is -3.82. The molecule has 0 saturated carbocycles. The molecule has 1 amide bonds. The van der Waals surface area contributed by atoms with Gasteiger partial charge in [0.05, 0.1) is 11.9 Å². The van der Waals surface area contributed by atoms with Gasteiger partial charge in [-0.25, -0.2) is 12.8 Å². The number of benzene rings is 1. The van der Waals surface area contributed by atoms with E-state index in [2.05, 4.69) is 10.4 Å². The number of aromatic nitrogens is 2. The van der Waals surface area contributed by atoms with Gasteiger partial charge in [0.15, 0.2) is 10.8 Å². The fraction of sp³-hybridized carbons (Fsp3) is 0.167. The van der Waals surface area contributed by atoms with Crippen molar-refractivity contribution in [3.05, 3.63) is 45.4 Å². The van der Waals surface area contributed by atoms with Gasteiger partial charge in [-0.15, -0.1) is 9.19 Å². The summed E-state index contributed by atoms with van der Waals surface area (Å²) in [6.45, 7) is 1.69. The molecule has 0 atom stereocenters. The molecule has 0 bridgehead atoms. The van der Waals surface area contributed by atoms with Crippen LogP contribution in [0, 0.1) is 12.7 Å². The number of nitrogens with zero attached hydrogens (tertiary/aromatic N) is 2. The van der Waals surface area contributed by atoms with Crippen LogP contribution in [0.4, 0.5) is 10.1 Å². The van der Waals surface area contributed by atoms with Crippen molar-refractivity contribution >= 4 is 44.8 Å². The second kappa shape index (κ2) is 5.86. The van der Waals surface area contributed by atoms with Crippen LogP contribution in [0.5, 0.6) is 0 Å². The molecule has 0 spiro atoms. The summed E-state index contributed by atoms with van der Waals surface area (Å²) in [6, 6.07) is 4.20. The molecule has 22 heavy (non-hydrogen) atoms. The zero-order chi connectivity index (χ0) is 16.7. The summed E-state index contributed by atoms with van der Waals surface area (Å²) in [4.78, 5) is 12.1. The highest BCUT2D eigenvalue weighted by atomic mass is 35.5. The Morgan fingerprint density at radius 2 is 2.00 bits per heavy atom. The van der Waals surface area contributed by atoms with Crippen molar-refractivity contribution in [3.63, 3.8) is 0 Å². The first kappa shape index (κ1) is 16.7. The number of hydrogen-bond donors (Lipinski definition) is 1. The summed E-state index contributed by atoms with van der Waals surface area (Å²) in [5, 5.41) is 5.06. The molecule has 0 saturated heterocycles. The van der Waals surface area contributed by atoms with Gasteiger partial charge >= 0.3 is 0 Å². The van der Waals surface area contributed by atoms with Gasteiger partial charge in [-0.05, 0) is 24.6 Å². The zero-order valence-electron chi connectivity index (χ0n) is 11.4. The van der Waals surface area contributed by atoms with Crippen LogP contribution in [0.1, 0.15) is 16.1 Å². The van der Waals surface area contributed by atoms with E-state index in [1.54, 1.807) is 13.0 Å². The number of hydrogen-bond acceptors (Lipinski definition) is 4. The van der Waals surface area contributed by atoms with Crippen LogP contribution in [0.15, 0.2) is 18.2 Å². The number of carbonyl (C=O) groups is 1. The summed E-state index contributed by atoms with van der Waals surface area (Å²) >= 11 is 11.5. The largest absolute Gasteiger partial charge is 0.318 e. The van der Waals surface area contributed by atoms with E-state index < -0.39 is 32.6 Å². The number of amides is 1. The van der Waals surface area contributed by atoms with Crippen molar-refractivity contribution in [2.24, 2.45) is 0 Å². The normalized spacial score (nSPS) is 11.5. The third-order valence-corrected chi connectivity index (χ3v) is 4.45. The molecule has 0 unspecified atom stereocenters. The maximum Gasteiger partial charge on any atom is 0.277 e. The lowest BCUT2D eigenvalue weighted by Gasteiger charge is -2.05. The topological polar surface area (TPSA) is 81.1 Å². The average Bonchev–Trinajstić information content (AvgIpc) is 2.69. The van der Waals surface area contributed by atoms with Gasteiger partial charge in [-0.3, -0.25) is 4.79 Å². The van der Waals surface area contributed by atoms with Gasteiger partial charge in [0, 0.05) is 0 Å². The van der Waals surface area contributed by atoms with E-state index in [1.165, 1.54) is 12.1 Å². The highest BCUT2D eigenvalue weighted by Gasteiger charge is 2.25. The molecule has 118 valence electrons. The Balaban J connectivity index is 2.38. The molecule has 1 aromatic heterocycles. The molecule has 2 rings (SSSR count). The molecule has 0 radical (unpaired) electrons. The molecule has 1 N–H and O–H groups in total. The molecule has 6 nitrogen and oxygen atoms in total. The molecule has 1 aromatic carbocycles. The van der Waals surface area contributed by atoms with E-state index in [0.29, 0.717) is 9.65 Å². The van der Waals surface area contributed by atoms with Gasteiger partial charge in [0.2, 0.25) is 0 Å². The highest BCUT2D eigenvalue weighted by molar-refractivity contribution is 7.89. The van der Waals surface area contributed by atoms with Gasteiger partial charge in [0.1, 0.15) is 10.8 Å². The van der Waals surface area contributed by atoms with Gasteiger partial charge in [0.25, 0.3) is 15.9 Å². The van der Waals surface area contributed by atoms with Gasteiger partial charge in [-0.2, -0.15) is 0 Å². The van der Waals surface area contributed by atoms with Crippen LogP contribution < -0.4 is 5.32 Å². The Hall–Kier alpha value is -1.64. The fourth-order valence-corrected chi connectivity index (χ4v) is 3.00.